The van der Waals surface area contributed by atoms with Crippen LogP contribution < -0.4 is 9.64 Å². The third-order valence-corrected chi connectivity index (χ3v) is 11.5. The van der Waals surface area contributed by atoms with E-state index < -0.39 is 40.6 Å². The van der Waals surface area contributed by atoms with Crippen molar-refractivity contribution in [1.29, 1.82) is 0 Å². The van der Waals surface area contributed by atoms with E-state index in [1.807, 2.05) is 4.90 Å². The molecule has 0 radical (unpaired) electrons. The minimum Gasteiger partial charge on any atom is -0.461 e. The van der Waals surface area contributed by atoms with Crippen molar-refractivity contribution in [2.45, 2.75) is 43.4 Å². The molecule has 2 atom stereocenters. The Balaban J connectivity index is 1.11. The lowest BCUT2D eigenvalue weighted by molar-refractivity contribution is -0.167. The zero-order chi connectivity index (χ0) is 38.8. The topological polar surface area (TPSA) is 110 Å². The Labute approximate surface area is 319 Å². The molecule has 11 nitrogen and oxygen atoms in total. The summed E-state index contributed by atoms with van der Waals surface area (Å²) >= 11 is 0. The fourth-order valence-electron chi connectivity index (χ4n) is 8.79. The van der Waals surface area contributed by atoms with Crippen molar-refractivity contribution in [3.63, 3.8) is 0 Å². The normalized spacial score (nSPS) is 22.1. The fraction of sp³-hybridized carbons (Fsp3) is 0.366. The number of rotatable bonds is 7. The third-order valence-electron chi connectivity index (χ3n) is 11.5. The van der Waals surface area contributed by atoms with Crippen molar-refractivity contribution < 1.29 is 31.8 Å². The first-order valence-electron chi connectivity index (χ1n) is 18.5. The summed E-state index contributed by atoms with van der Waals surface area (Å²) < 4.78 is 74.1. The van der Waals surface area contributed by atoms with Crippen molar-refractivity contribution in [3.8, 4) is 29.6 Å². The molecule has 2 aromatic carbocycles. The Morgan fingerprint density at radius 3 is 2.75 bits per heavy atom. The number of fused-ring (bicyclic) bond motifs is 3. The van der Waals surface area contributed by atoms with Gasteiger partial charge in [0, 0.05) is 62.0 Å². The average Bonchev–Trinajstić information content (AvgIpc) is 3.71. The second kappa shape index (κ2) is 13.8. The summed E-state index contributed by atoms with van der Waals surface area (Å²) in [6, 6.07) is 9.32. The Bertz CT molecular complexity index is 2490. The number of halogens is 4. The second-order valence-electron chi connectivity index (χ2n) is 15.0. The van der Waals surface area contributed by atoms with E-state index >= 15 is 8.78 Å². The van der Waals surface area contributed by atoms with Crippen LogP contribution in [-0.4, -0.2) is 110 Å². The number of hydrogen-bond acceptors (Lipinski definition) is 10. The Kier molecular flexibility index (Phi) is 8.85. The number of nitrogens with zero attached hydrogens (tertiary/aromatic N) is 8. The molecule has 9 rings (SSSR count). The third kappa shape index (κ3) is 5.99. The molecule has 1 spiro atoms. The number of amides is 1. The summed E-state index contributed by atoms with van der Waals surface area (Å²) in [6.07, 6.45) is 10.7. The number of carbonyl (C=O) groups is 1. The van der Waals surface area contributed by atoms with Crippen molar-refractivity contribution in [2.75, 3.05) is 57.4 Å². The van der Waals surface area contributed by atoms with E-state index in [-0.39, 0.29) is 84.7 Å². The minimum absolute atomic E-state index is 0.0197. The standard InChI is InChI=1S/C41H36F4N8O3/c1-3-28-31(43)9-8-25-6-4-7-29(33(25)28)35-34(45)36-30(18-47-35)37(50-39(49-36)56-23-40-11-5-13-52(40)19-26(42)17-40)51-14-15-53(41(20-51)21-55-22-41)38(54)32(44)16-27-10-12-46-24(2)48-27/h1,4,6-10,12,16,18,26H,5,11,13-15,17,19-23H2,2H3/b32-16-/t26-,40+/m1/s1. The Morgan fingerprint density at radius 2 is 1.96 bits per heavy atom. The van der Waals surface area contributed by atoms with Gasteiger partial charge < -0.3 is 19.3 Å². The van der Waals surface area contributed by atoms with Crippen LogP contribution in [0.15, 0.2) is 54.6 Å². The van der Waals surface area contributed by atoms with Crippen LogP contribution in [-0.2, 0) is 9.53 Å². The Hall–Kier alpha value is -5.72. The number of alkyl halides is 1. The number of anilines is 1. The molecule has 5 aromatic rings. The van der Waals surface area contributed by atoms with Crippen LogP contribution >= 0.6 is 0 Å². The summed E-state index contributed by atoms with van der Waals surface area (Å²) in [5.74, 6) is -0.0782. The maximum absolute atomic E-state index is 17.1. The molecular weight excluding hydrogens is 728 g/mol. The molecule has 286 valence electrons. The molecule has 0 saturated carbocycles. The van der Waals surface area contributed by atoms with Crippen LogP contribution in [0.2, 0.25) is 0 Å². The number of carbonyl (C=O) groups excluding carboxylic acids is 1. The highest BCUT2D eigenvalue weighted by Gasteiger charge is 2.52. The maximum Gasteiger partial charge on any atom is 0.319 e. The molecule has 3 aromatic heterocycles. The molecule has 0 aliphatic carbocycles. The van der Waals surface area contributed by atoms with Gasteiger partial charge in [0.15, 0.2) is 11.6 Å². The van der Waals surface area contributed by atoms with Gasteiger partial charge in [-0.3, -0.25) is 14.7 Å². The van der Waals surface area contributed by atoms with E-state index in [4.69, 9.17) is 20.9 Å². The summed E-state index contributed by atoms with van der Waals surface area (Å²) in [7, 11) is 0. The zero-order valence-corrected chi connectivity index (χ0v) is 30.4. The lowest BCUT2D eigenvalue weighted by Crippen LogP contribution is -2.73. The second-order valence-corrected chi connectivity index (χ2v) is 15.0. The zero-order valence-electron chi connectivity index (χ0n) is 30.4. The van der Waals surface area contributed by atoms with Gasteiger partial charge in [-0.15, -0.1) is 6.42 Å². The van der Waals surface area contributed by atoms with E-state index in [1.165, 1.54) is 29.4 Å². The number of aromatic nitrogens is 5. The van der Waals surface area contributed by atoms with Crippen LogP contribution in [0.4, 0.5) is 23.4 Å². The number of benzene rings is 2. The Morgan fingerprint density at radius 1 is 1.11 bits per heavy atom. The lowest BCUT2D eigenvalue weighted by Gasteiger charge is -2.55. The van der Waals surface area contributed by atoms with Gasteiger partial charge in [0.05, 0.1) is 35.4 Å². The number of piperazine rings is 1. The minimum atomic E-state index is -0.985. The summed E-state index contributed by atoms with van der Waals surface area (Å²) in [5, 5.41) is 1.19. The number of hydrogen-bond donors (Lipinski definition) is 0. The predicted molar refractivity (Wildman–Crippen MR) is 200 cm³/mol. The van der Waals surface area contributed by atoms with Crippen LogP contribution in [0.1, 0.15) is 36.3 Å². The van der Waals surface area contributed by atoms with Gasteiger partial charge in [-0.1, -0.05) is 30.2 Å². The predicted octanol–water partition coefficient (Wildman–Crippen LogP) is 5.59. The van der Waals surface area contributed by atoms with Gasteiger partial charge in [-0.25, -0.2) is 27.5 Å². The molecule has 4 fully saturated rings. The highest BCUT2D eigenvalue weighted by molar-refractivity contribution is 6.02. The quantitative estimate of drug-likeness (QED) is 0.118. The summed E-state index contributed by atoms with van der Waals surface area (Å²) in [4.78, 5) is 41.1. The van der Waals surface area contributed by atoms with Crippen LogP contribution in [0, 0.1) is 30.9 Å². The van der Waals surface area contributed by atoms with Crippen molar-refractivity contribution in [3.05, 3.63) is 83.3 Å². The SMILES string of the molecule is C#Cc1c(F)ccc2cccc(-c3ncc4c(N5CCN(C(=O)/C(F)=C/c6ccnc(C)n6)C6(COC6)C5)nc(OC[C@@]56CCCN5C[C@H](F)C6)nc4c3F)c12. The first-order chi connectivity index (χ1) is 27.1. The highest BCUT2D eigenvalue weighted by Crippen LogP contribution is 2.42. The summed E-state index contributed by atoms with van der Waals surface area (Å²) in [5.41, 5.74) is -1.13. The van der Waals surface area contributed by atoms with E-state index in [2.05, 4.69) is 30.8 Å². The molecule has 7 heterocycles. The van der Waals surface area contributed by atoms with E-state index in [0.29, 0.717) is 29.6 Å². The molecule has 15 heteroatoms. The van der Waals surface area contributed by atoms with E-state index in [1.54, 1.807) is 31.2 Å². The van der Waals surface area contributed by atoms with Crippen molar-refractivity contribution in [2.24, 2.45) is 0 Å². The summed E-state index contributed by atoms with van der Waals surface area (Å²) in [6.45, 7) is 3.57. The molecular formula is C41H36F4N8O3. The fourth-order valence-corrected chi connectivity index (χ4v) is 8.79. The van der Waals surface area contributed by atoms with Crippen molar-refractivity contribution in [1.82, 2.24) is 34.7 Å². The molecule has 0 N–H and O–H groups in total. The number of terminal acetylenes is 1. The van der Waals surface area contributed by atoms with Gasteiger partial charge in [-0.2, -0.15) is 9.97 Å². The molecule has 4 aliphatic heterocycles. The molecule has 56 heavy (non-hydrogen) atoms. The molecule has 4 saturated heterocycles. The largest absolute Gasteiger partial charge is 0.461 e. The number of aryl methyl sites for hydroxylation is 1. The van der Waals surface area contributed by atoms with Crippen LogP contribution in [0.25, 0.3) is 39.0 Å². The maximum atomic E-state index is 17.1. The number of pyridine rings is 1. The first kappa shape index (κ1) is 35.9. The van der Waals surface area contributed by atoms with Gasteiger partial charge in [0.2, 0.25) is 0 Å². The molecule has 4 aliphatic rings. The molecule has 0 bridgehead atoms. The number of ether oxygens (including phenoxy) is 2. The van der Waals surface area contributed by atoms with E-state index in [9.17, 15) is 13.6 Å². The first-order valence-corrected chi connectivity index (χ1v) is 18.5. The molecule has 1 amide bonds. The van der Waals surface area contributed by atoms with Crippen molar-refractivity contribution >= 4 is 39.5 Å². The lowest BCUT2D eigenvalue weighted by atomic mass is 9.91. The van der Waals surface area contributed by atoms with Gasteiger partial charge in [0.1, 0.15) is 47.0 Å². The monoisotopic (exact) mass is 764 g/mol. The molecule has 0 unspecified atom stereocenters. The van der Waals surface area contributed by atoms with E-state index in [0.717, 1.165) is 25.5 Å². The smallest absolute Gasteiger partial charge is 0.319 e. The average molecular weight is 765 g/mol. The van der Waals surface area contributed by atoms with Gasteiger partial charge in [-0.05, 0) is 43.8 Å². The van der Waals surface area contributed by atoms with Crippen LogP contribution in [0.3, 0.4) is 0 Å². The highest BCUT2D eigenvalue weighted by atomic mass is 19.1. The van der Waals surface area contributed by atoms with Gasteiger partial charge >= 0.3 is 6.01 Å². The van der Waals surface area contributed by atoms with Gasteiger partial charge in [0.25, 0.3) is 5.91 Å². The van der Waals surface area contributed by atoms with Crippen LogP contribution in [0.5, 0.6) is 6.01 Å².